The van der Waals surface area contributed by atoms with Crippen LogP contribution in [0.25, 0.3) is 10.6 Å². The molecule has 30 heavy (non-hydrogen) atoms. The van der Waals surface area contributed by atoms with E-state index in [9.17, 15) is 14.7 Å². The number of carboxylic acid groups (broad SMARTS) is 1. The minimum atomic E-state index is -0.973. The lowest BCUT2D eigenvalue weighted by Crippen LogP contribution is -2.21. The van der Waals surface area contributed by atoms with E-state index in [0.717, 1.165) is 41.3 Å². The maximum Gasteiger partial charge on any atom is 0.332 e. The highest BCUT2D eigenvalue weighted by Gasteiger charge is 2.34. The lowest BCUT2D eigenvalue weighted by atomic mass is 9.76. The summed E-state index contributed by atoms with van der Waals surface area (Å²) in [5.41, 5.74) is 4.49. The summed E-state index contributed by atoms with van der Waals surface area (Å²) in [6.45, 7) is 4.60. The van der Waals surface area contributed by atoms with E-state index in [1.807, 2.05) is 0 Å². The van der Waals surface area contributed by atoms with Crippen molar-refractivity contribution in [2.75, 3.05) is 5.32 Å². The van der Waals surface area contributed by atoms with Crippen molar-refractivity contribution in [1.29, 1.82) is 0 Å². The first-order chi connectivity index (χ1) is 14.3. The molecule has 0 aromatic carbocycles. The molecule has 2 N–H and O–H groups in total. The smallest absolute Gasteiger partial charge is 0.332 e. The van der Waals surface area contributed by atoms with Gasteiger partial charge in [-0.3, -0.25) is 4.79 Å². The molecule has 158 valence electrons. The van der Waals surface area contributed by atoms with Gasteiger partial charge in [0.25, 0.3) is 5.91 Å². The predicted molar refractivity (Wildman–Crippen MR) is 120 cm³/mol. The zero-order chi connectivity index (χ0) is 21.0. The van der Waals surface area contributed by atoms with Gasteiger partial charge in [-0.05, 0) is 62.3 Å². The number of nitrogens with zero attached hydrogens (tertiary/aromatic N) is 1. The molecule has 0 aliphatic heterocycles. The second kappa shape index (κ2) is 7.31. The van der Waals surface area contributed by atoms with Crippen LogP contribution < -0.4 is 5.32 Å². The van der Waals surface area contributed by atoms with Crippen molar-refractivity contribution in [2.45, 2.75) is 71.1 Å². The average molecular weight is 443 g/mol. The Morgan fingerprint density at radius 1 is 1.20 bits per heavy atom. The molecule has 3 aliphatic rings. The molecule has 2 aromatic heterocycles. The quantitative estimate of drug-likeness (QED) is 0.616. The van der Waals surface area contributed by atoms with Gasteiger partial charge >= 0.3 is 5.97 Å². The van der Waals surface area contributed by atoms with Gasteiger partial charge in [-0.15, -0.1) is 22.7 Å². The summed E-state index contributed by atoms with van der Waals surface area (Å²) in [4.78, 5) is 30.8. The number of hydrogen-bond donors (Lipinski definition) is 2. The van der Waals surface area contributed by atoms with Crippen LogP contribution in [0.3, 0.4) is 0 Å². The summed E-state index contributed by atoms with van der Waals surface area (Å²) < 4.78 is 0. The summed E-state index contributed by atoms with van der Waals surface area (Å²) in [5, 5.41) is 16.5. The third kappa shape index (κ3) is 3.62. The molecule has 0 spiro atoms. The Morgan fingerprint density at radius 2 is 1.97 bits per heavy atom. The fraction of sp³-hybridized carbons (Fsp3) is 0.522. The zero-order valence-corrected chi connectivity index (χ0v) is 19.0. The summed E-state index contributed by atoms with van der Waals surface area (Å²) in [7, 11) is 0. The first-order valence-corrected chi connectivity index (χ1v) is 12.4. The number of thiophene rings is 1. The fourth-order valence-corrected chi connectivity index (χ4v) is 6.87. The van der Waals surface area contributed by atoms with Crippen molar-refractivity contribution in [3.05, 3.63) is 32.7 Å². The van der Waals surface area contributed by atoms with Crippen LogP contribution in [0.1, 0.15) is 74.4 Å². The second-order valence-electron chi connectivity index (χ2n) is 9.47. The van der Waals surface area contributed by atoms with E-state index >= 15 is 0 Å². The predicted octanol–water partition coefficient (Wildman–Crippen LogP) is 5.77. The maximum absolute atomic E-state index is 13.0. The molecule has 2 aromatic rings. The van der Waals surface area contributed by atoms with Gasteiger partial charge in [0.2, 0.25) is 0 Å². The van der Waals surface area contributed by atoms with E-state index in [4.69, 9.17) is 4.98 Å². The number of amides is 1. The molecule has 1 amide bonds. The molecule has 0 radical (unpaired) electrons. The van der Waals surface area contributed by atoms with Crippen molar-refractivity contribution in [2.24, 2.45) is 5.41 Å². The number of aliphatic carboxylic acids is 1. The number of thiazole rings is 1. The minimum absolute atomic E-state index is 0.227. The summed E-state index contributed by atoms with van der Waals surface area (Å²) >= 11 is 3.32. The Balaban J connectivity index is 1.54. The van der Waals surface area contributed by atoms with Gasteiger partial charge in [0.05, 0.1) is 5.69 Å². The van der Waals surface area contributed by atoms with E-state index in [0.29, 0.717) is 24.3 Å². The number of carbonyl (C=O) groups excluding carboxylic acids is 1. The third-order valence-corrected chi connectivity index (χ3v) is 8.57. The Labute approximate surface area is 184 Å². The third-order valence-electron chi connectivity index (χ3n) is 6.48. The monoisotopic (exact) mass is 442 g/mol. The van der Waals surface area contributed by atoms with Gasteiger partial charge in [0.15, 0.2) is 0 Å². The molecule has 0 atom stereocenters. The molecule has 0 bridgehead atoms. The van der Waals surface area contributed by atoms with Gasteiger partial charge in [-0.25, -0.2) is 9.78 Å². The molecule has 0 unspecified atom stereocenters. The number of carboxylic acids is 1. The minimum Gasteiger partial charge on any atom is -0.478 e. The molecule has 3 aliphatic carbocycles. The molecular formula is C23H26N2O3S2. The first kappa shape index (κ1) is 19.9. The number of anilines is 1. The lowest BCUT2D eigenvalue weighted by molar-refractivity contribution is -0.133. The van der Waals surface area contributed by atoms with E-state index in [1.165, 1.54) is 29.0 Å². The molecule has 5 rings (SSSR count). The Kier molecular flexibility index (Phi) is 4.86. The van der Waals surface area contributed by atoms with Gasteiger partial charge in [-0.1, -0.05) is 13.8 Å². The Hall–Kier alpha value is -1.99. The van der Waals surface area contributed by atoms with Crippen molar-refractivity contribution in [3.8, 4) is 10.6 Å². The van der Waals surface area contributed by atoms with Crippen LogP contribution in [-0.2, 0) is 22.4 Å². The molecule has 0 saturated heterocycles. The van der Waals surface area contributed by atoms with Crippen molar-refractivity contribution in [3.63, 3.8) is 0 Å². The van der Waals surface area contributed by atoms with E-state index in [1.54, 1.807) is 22.7 Å². The number of aromatic nitrogens is 1. The summed E-state index contributed by atoms with van der Waals surface area (Å²) in [6.07, 6.45) is 7.28. The Bertz CT molecular complexity index is 1070. The second-order valence-corrected chi connectivity index (χ2v) is 11.4. The van der Waals surface area contributed by atoms with Crippen LogP contribution in [0.5, 0.6) is 0 Å². The highest BCUT2D eigenvalue weighted by atomic mass is 32.1. The van der Waals surface area contributed by atoms with Crippen molar-refractivity contribution >= 4 is 39.6 Å². The largest absolute Gasteiger partial charge is 0.478 e. The van der Waals surface area contributed by atoms with E-state index in [-0.39, 0.29) is 16.9 Å². The molecule has 7 heteroatoms. The SMILES string of the molecule is CC1(C)CCc2sc(NC(=O)C3=C(C(=O)O)CCC3)c(-c3nc(C4CC4)cs3)c2C1. The fourth-order valence-electron chi connectivity index (χ4n) is 4.61. The van der Waals surface area contributed by atoms with E-state index < -0.39 is 5.97 Å². The number of rotatable bonds is 5. The first-order valence-electron chi connectivity index (χ1n) is 10.7. The van der Waals surface area contributed by atoms with Gasteiger partial charge in [0, 0.05) is 32.9 Å². The van der Waals surface area contributed by atoms with Crippen molar-refractivity contribution < 1.29 is 14.7 Å². The summed E-state index contributed by atoms with van der Waals surface area (Å²) in [5.74, 6) is -0.636. The van der Waals surface area contributed by atoms with Gasteiger partial charge in [0.1, 0.15) is 10.0 Å². The topological polar surface area (TPSA) is 79.3 Å². The maximum atomic E-state index is 13.0. The molecule has 5 nitrogen and oxygen atoms in total. The van der Waals surface area contributed by atoms with Crippen molar-refractivity contribution in [1.82, 2.24) is 4.98 Å². The average Bonchev–Trinajstić information content (AvgIpc) is 3.10. The number of fused-ring (bicyclic) bond motifs is 1. The number of nitrogens with one attached hydrogen (secondary N) is 1. The highest BCUT2D eigenvalue weighted by molar-refractivity contribution is 7.18. The summed E-state index contributed by atoms with van der Waals surface area (Å²) in [6, 6.07) is 0. The normalized spacial score (nSPS) is 20.3. The van der Waals surface area contributed by atoms with E-state index in [2.05, 4.69) is 24.5 Å². The van der Waals surface area contributed by atoms with Gasteiger partial charge in [-0.2, -0.15) is 0 Å². The van der Waals surface area contributed by atoms with Crippen LogP contribution in [0.4, 0.5) is 5.00 Å². The van der Waals surface area contributed by atoms with Gasteiger partial charge < -0.3 is 10.4 Å². The molecule has 2 heterocycles. The number of aryl methyl sites for hydroxylation is 1. The zero-order valence-electron chi connectivity index (χ0n) is 17.3. The van der Waals surface area contributed by atoms with Crippen LogP contribution in [0, 0.1) is 5.41 Å². The van der Waals surface area contributed by atoms with Crippen LogP contribution >= 0.6 is 22.7 Å². The van der Waals surface area contributed by atoms with Crippen LogP contribution in [0.2, 0.25) is 0 Å². The van der Waals surface area contributed by atoms with Crippen LogP contribution in [-0.4, -0.2) is 22.0 Å². The number of carbonyl (C=O) groups is 2. The lowest BCUT2D eigenvalue weighted by Gasteiger charge is -2.29. The molecule has 1 saturated carbocycles. The highest BCUT2D eigenvalue weighted by Crippen LogP contribution is 2.50. The van der Waals surface area contributed by atoms with Crippen LogP contribution in [0.15, 0.2) is 16.5 Å². The Morgan fingerprint density at radius 3 is 2.70 bits per heavy atom. The molecule has 1 fully saturated rings. The standard InChI is InChI=1S/C23H26N2O3S2/c1-23(2)9-8-17-15(10-23)18(20-24-16(11-29-20)12-6-7-12)21(30-17)25-19(26)13-4-3-5-14(13)22(27)28/h11-12H,3-10H2,1-2H3,(H,25,26)(H,27,28). The number of hydrogen-bond acceptors (Lipinski definition) is 5. The molecular weight excluding hydrogens is 416 g/mol.